The van der Waals surface area contributed by atoms with Crippen LogP contribution in [0.3, 0.4) is 0 Å². The normalized spacial score (nSPS) is 17.6. The van der Waals surface area contributed by atoms with Crippen LogP contribution in [0.4, 0.5) is 0 Å². The van der Waals surface area contributed by atoms with Crippen molar-refractivity contribution >= 4 is 5.91 Å². The average Bonchev–Trinajstić information content (AvgIpc) is 2.19. The summed E-state index contributed by atoms with van der Waals surface area (Å²) in [4.78, 5) is 17.7. The van der Waals surface area contributed by atoms with Gasteiger partial charge in [-0.1, -0.05) is 5.11 Å². The minimum absolute atomic E-state index is 0.139. The van der Waals surface area contributed by atoms with E-state index >= 15 is 0 Å². The molecular weight excluding hydrogens is 182 g/mol. The van der Waals surface area contributed by atoms with Gasteiger partial charge in [0.25, 0.3) is 0 Å². The van der Waals surface area contributed by atoms with Crippen molar-refractivity contribution in [2.45, 2.75) is 6.92 Å². The Morgan fingerprint density at radius 3 is 2.57 bits per heavy atom. The summed E-state index contributed by atoms with van der Waals surface area (Å²) in [6, 6.07) is 0. The number of piperazine rings is 1. The van der Waals surface area contributed by atoms with Crippen molar-refractivity contribution in [3.8, 4) is 0 Å². The molecule has 0 unspecified atom stereocenters. The standard InChI is InChI=1S/C8H15N5O/c1-8(14)13-6-4-12(5-7-13)3-2-10-11-9/h2-7H2,1H3. The lowest BCUT2D eigenvalue weighted by molar-refractivity contribution is -0.130. The molecular formula is C8H15N5O. The van der Waals surface area contributed by atoms with Crippen molar-refractivity contribution < 1.29 is 4.79 Å². The lowest BCUT2D eigenvalue weighted by Crippen LogP contribution is -2.48. The molecule has 1 fully saturated rings. The first-order valence-corrected chi connectivity index (χ1v) is 4.73. The van der Waals surface area contributed by atoms with Gasteiger partial charge < -0.3 is 4.90 Å². The molecule has 0 aromatic heterocycles. The number of azide groups is 1. The van der Waals surface area contributed by atoms with Gasteiger partial charge in [-0.05, 0) is 5.53 Å². The van der Waals surface area contributed by atoms with Crippen LogP contribution in [0.1, 0.15) is 6.92 Å². The minimum atomic E-state index is 0.139. The second-order valence-electron chi connectivity index (χ2n) is 3.30. The van der Waals surface area contributed by atoms with E-state index in [9.17, 15) is 4.79 Å². The van der Waals surface area contributed by atoms with Gasteiger partial charge in [-0.3, -0.25) is 9.69 Å². The Hall–Kier alpha value is -1.26. The fraction of sp³-hybridized carbons (Fsp3) is 0.875. The molecule has 1 aliphatic heterocycles. The van der Waals surface area contributed by atoms with E-state index in [1.807, 2.05) is 4.90 Å². The predicted octanol–water partition coefficient (Wildman–Crippen LogP) is 0.461. The second kappa shape index (κ2) is 5.47. The van der Waals surface area contributed by atoms with E-state index in [-0.39, 0.29) is 5.91 Å². The molecule has 0 bridgehead atoms. The van der Waals surface area contributed by atoms with Crippen molar-refractivity contribution in [3.63, 3.8) is 0 Å². The zero-order chi connectivity index (χ0) is 10.4. The van der Waals surface area contributed by atoms with Gasteiger partial charge in [-0.15, -0.1) is 0 Å². The third kappa shape index (κ3) is 3.24. The van der Waals surface area contributed by atoms with Crippen LogP contribution in [0.2, 0.25) is 0 Å². The number of hydrogen-bond donors (Lipinski definition) is 0. The largest absolute Gasteiger partial charge is 0.340 e. The lowest BCUT2D eigenvalue weighted by Gasteiger charge is -2.33. The van der Waals surface area contributed by atoms with Crippen LogP contribution in [0.25, 0.3) is 10.4 Å². The molecule has 0 aromatic rings. The fourth-order valence-corrected chi connectivity index (χ4v) is 1.52. The summed E-state index contributed by atoms with van der Waals surface area (Å²) >= 11 is 0. The van der Waals surface area contributed by atoms with E-state index in [2.05, 4.69) is 14.9 Å². The molecule has 6 nitrogen and oxygen atoms in total. The number of hydrogen-bond acceptors (Lipinski definition) is 3. The lowest BCUT2D eigenvalue weighted by atomic mass is 10.3. The maximum Gasteiger partial charge on any atom is 0.219 e. The van der Waals surface area contributed by atoms with Crippen molar-refractivity contribution in [2.24, 2.45) is 5.11 Å². The maximum absolute atomic E-state index is 11.0. The Balaban J connectivity index is 2.22. The highest BCUT2D eigenvalue weighted by atomic mass is 16.2. The molecule has 0 N–H and O–H groups in total. The molecule has 14 heavy (non-hydrogen) atoms. The number of amides is 1. The molecule has 0 aromatic carbocycles. The van der Waals surface area contributed by atoms with Crippen LogP contribution in [0.5, 0.6) is 0 Å². The predicted molar refractivity (Wildman–Crippen MR) is 52.7 cm³/mol. The highest BCUT2D eigenvalue weighted by Crippen LogP contribution is 2.01. The van der Waals surface area contributed by atoms with Crippen LogP contribution in [0, 0.1) is 0 Å². The summed E-state index contributed by atoms with van der Waals surface area (Å²) in [6.07, 6.45) is 0. The Bertz CT molecular complexity index is 240. The molecule has 0 saturated carbocycles. The monoisotopic (exact) mass is 197 g/mol. The molecule has 78 valence electrons. The summed E-state index contributed by atoms with van der Waals surface area (Å²) in [5.41, 5.74) is 8.10. The first-order valence-electron chi connectivity index (χ1n) is 4.73. The highest BCUT2D eigenvalue weighted by Gasteiger charge is 2.17. The van der Waals surface area contributed by atoms with Gasteiger partial charge >= 0.3 is 0 Å². The molecule has 6 heteroatoms. The smallest absolute Gasteiger partial charge is 0.219 e. The van der Waals surface area contributed by atoms with Gasteiger partial charge in [-0.25, -0.2) is 0 Å². The molecule has 0 aliphatic carbocycles. The Morgan fingerprint density at radius 2 is 2.07 bits per heavy atom. The molecule has 0 spiro atoms. The summed E-state index contributed by atoms with van der Waals surface area (Å²) in [7, 11) is 0. The first kappa shape index (κ1) is 10.8. The van der Waals surface area contributed by atoms with E-state index in [1.54, 1.807) is 6.92 Å². The van der Waals surface area contributed by atoms with Crippen LogP contribution >= 0.6 is 0 Å². The summed E-state index contributed by atoms with van der Waals surface area (Å²) in [6.45, 7) is 6.21. The second-order valence-corrected chi connectivity index (χ2v) is 3.30. The van der Waals surface area contributed by atoms with E-state index in [1.165, 1.54) is 0 Å². The summed E-state index contributed by atoms with van der Waals surface area (Å²) in [5, 5.41) is 3.48. The zero-order valence-electron chi connectivity index (χ0n) is 8.39. The third-order valence-corrected chi connectivity index (χ3v) is 2.40. The first-order chi connectivity index (χ1) is 6.74. The van der Waals surface area contributed by atoms with Crippen molar-refractivity contribution in [2.75, 3.05) is 39.3 Å². The van der Waals surface area contributed by atoms with Crippen LogP contribution in [-0.2, 0) is 4.79 Å². The van der Waals surface area contributed by atoms with Gasteiger partial charge in [0.2, 0.25) is 5.91 Å². The topological polar surface area (TPSA) is 72.3 Å². The van der Waals surface area contributed by atoms with Gasteiger partial charge in [0.15, 0.2) is 0 Å². The van der Waals surface area contributed by atoms with Crippen molar-refractivity contribution in [1.82, 2.24) is 9.80 Å². The van der Waals surface area contributed by atoms with Gasteiger partial charge in [0.1, 0.15) is 0 Å². The molecule has 1 amide bonds. The van der Waals surface area contributed by atoms with E-state index < -0.39 is 0 Å². The van der Waals surface area contributed by atoms with Crippen LogP contribution < -0.4 is 0 Å². The minimum Gasteiger partial charge on any atom is -0.340 e. The quantitative estimate of drug-likeness (QED) is 0.374. The SMILES string of the molecule is CC(=O)N1CCN(CCN=[N+]=[N-])CC1. The van der Waals surface area contributed by atoms with Crippen molar-refractivity contribution in [3.05, 3.63) is 10.4 Å². The van der Waals surface area contributed by atoms with E-state index in [0.29, 0.717) is 6.54 Å². The molecule has 1 heterocycles. The van der Waals surface area contributed by atoms with E-state index in [4.69, 9.17) is 5.53 Å². The summed E-state index contributed by atoms with van der Waals surface area (Å²) < 4.78 is 0. The average molecular weight is 197 g/mol. The highest BCUT2D eigenvalue weighted by molar-refractivity contribution is 5.73. The number of carbonyl (C=O) groups is 1. The van der Waals surface area contributed by atoms with Gasteiger partial charge in [0.05, 0.1) is 0 Å². The van der Waals surface area contributed by atoms with Crippen LogP contribution in [-0.4, -0.2) is 55.0 Å². The Labute approximate surface area is 83.1 Å². The van der Waals surface area contributed by atoms with Crippen LogP contribution in [0.15, 0.2) is 5.11 Å². The van der Waals surface area contributed by atoms with Crippen molar-refractivity contribution in [1.29, 1.82) is 0 Å². The fourth-order valence-electron chi connectivity index (χ4n) is 1.52. The Kier molecular flexibility index (Phi) is 4.22. The zero-order valence-corrected chi connectivity index (χ0v) is 8.39. The van der Waals surface area contributed by atoms with Gasteiger partial charge in [-0.2, -0.15) is 0 Å². The maximum atomic E-state index is 11.0. The number of carbonyl (C=O) groups excluding carboxylic acids is 1. The molecule has 1 aliphatic rings. The molecule has 1 saturated heterocycles. The molecule has 0 radical (unpaired) electrons. The van der Waals surface area contributed by atoms with Gasteiger partial charge in [0, 0.05) is 51.1 Å². The Morgan fingerprint density at radius 1 is 1.43 bits per heavy atom. The molecule has 1 rings (SSSR count). The number of nitrogens with zero attached hydrogens (tertiary/aromatic N) is 5. The third-order valence-electron chi connectivity index (χ3n) is 2.40. The van der Waals surface area contributed by atoms with E-state index in [0.717, 1.165) is 32.7 Å². The molecule has 0 atom stereocenters. The number of rotatable bonds is 3. The summed E-state index contributed by atoms with van der Waals surface area (Å²) in [5.74, 6) is 0.139.